The molecule has 2 aliphatic heterocycles. The molecule has 4 amide bonds. The van der Waals surface area contributed by atoms with E-state index in [4.69, 9.17) is 11.5 Å². The summed E-state index contributed by atoms with van der Waals surface area (Å²) in [4.78, 5) is 50.1. The second-order valence-corrected chi connectivity index (χ2v) is 11.1. The maximum Gasteiger partial charge on any atom is 2.00 e. The Hall–Kier alpha value is -4.64. The first-order valence-corrected chi connectivity index (χ1v) is 14.3. The number of nitrogens with two attached hydrogens (primary N) is 2. The van der Waals surface area contributed by atoms with Gasteiger partial charge in [0.25, 0.3) is 0 Å². The zero-order valence-electron chi connectivity index (χ0n) is 23.1. The molecular weight excluding hydrogens is 733 g/mol. The molecule has 45 heavy (non-hydrogen) atoms. The van der Waals surface area contributed by atoms with Crippen LogP contribution in [0, 0.1) is 0 Å². The monoisotopic (exact) mass is 760 g/mol. The van der Waals surface area contributed by atoms with Gasteiger partial charge in [-0.2, -0.15) is 0 Å². The van der Waals surface area contributed by atoms with Gasteiger partial charge in [-0.3, -0.25) is 19.6 Å². The molecule has 19 heteroatoms. The third-order valence-corrected chi connectivity index (χ3v) is 7.73. The van der Waals surface area contributed by atoms with Crippen LogP contribution in [-0.4, -0.2) is 50.4 Å². The molecule has 0 atom stereocenters. The van der Waals surface area contributed by atoms with Crippen LogP contribution in [0.25, 0.3) is 9.44 Å². The third-order valence-electron chi connectivity index (χ3n) is 5.09. The number of carbonyl (C=O) groups excluding carboxylic acids is 4. The minimum Gasteiger partial charge on any atom is -0.537 e. The van der Waals surface area contributed by atoms with E-state index in [1.807, 2.05) is 0 Å². The summed E-state index contributed by atoms with van der Waals surface area (Å²) >= 11 is 0. The van der Waals surface area contributed by atoms with Crippen molar-refractivity contribution in [2.24, 2.45) is 11.5 Å². The maximum absolute atomic E-state index is 11.1. The van der Waals surface area contributed by atoms with Crippen molar-refractivity contribution in [3.63, 3.8) is 0 Å². The average molecular weight is 759 g/mol. The average Bonchev–Trinajstić information content (AvgIpc) is 3.37. The van der Waals surface area contributed by atoms with E-state index in [-0.39, 0.29) is 59.2 Å². The second kappa shape index (κ2) is 17.6. The number of sulfonamides is 2. The fourth-order valence-electron chi connectivity index (χ4n) is 3.17. The van der Waals surface area contributed by atoms with Crippen molar-refractivity contribution >= 4 is 43.7 Å². The quantitative estimate of drug-likeness (QED) is 0.208. The SMILES string of the molecule is NC(=O)c1cccnc1.NC(=O)c1cccnc1.O=C1[N-]S(=O)(=O)c2ccccc21.O=C1[N-]S(=O)(=O)c2ccccc21.[Cd+2].[OH3+].[OH3+]. The summed E-state index contributed by atoms with van der Waals surface area (Å²) in [6, 6.07) is 18.6. The Balaban J connectivity index is 0.000000567. The molecule has 4 aromatic rings. The molecule has 10 N–H and O–H groups in total. The summed E-state index contributed by atoms with van der Waals surface area (Å²) in [5.41, 5.74) is 11.1. The van der Waals surface area contributed by atoms with Gasteiger partial charge in [-0.15, -0.1) is 0 Å². The van der Waals surface area contributed by atoms with Gasteiger partial charge in [0, 0.05) is 35.9 Å². The first kappa shape index (κ1) is 40.4. The second-order valence-electron chi connectivity index (χ2n) is 7.95. The predicted octanol–water partition coefficient (Wildman–Crippen LogP) is 0.320. The number of benzene rings is 2. The summed E-state index contributed by atoms with van der Waals surface area (Å²) in [5, 5.41) is 0. The van der Waals surface area contributed by atoms with Crippen LogP contribution >= 0.6 is 0 Å². The number of amides is 4. The fraction of sp³-hybridized carbons (Fsp3) is 0. The Morgan fingerprint density at radius 3 is 1.16 bits per heavy atom. The van der Waals surface area contributed by atoms with Crippen molar-refractivity contribution in [3.05, 3.63) is 129 Å². The van der Waals surface area contributed by atoms with E-state index >= 15 is 0 Å². The molecule has 0 spiro atoms. The van der Waals surface area contributed by atoms with Crippen LogP contribution in [0.4, 0.5) is 0 Å². The van der Waals surface area contributed by atoms with Crippen LogP contribution < -0.4 is 11.5 Å². The summed E-state index contributed by atoms with van der Waals surface area (Å²) in [6.07, 6.45) is 6.05. The molecule has 0 radical (unpaired) electrons. The van der Waals surface area contributed by atoms with Gasteiger partial charge in [0.1, 0.15) is 20.0 Å². The molecule has 0 unspecified atom stereocenters. The Kier molecular flexibility index (Phi) is 15.8. The number of fused-ring (bicyclic) bond motifs is 2. The van der Waals surface area contributed by atoms with E-state index in [1.54, 1.807) is 60.9 Å². The summed E-state index contributed by atoms with van der Waals surface area (Å²) < 4.78 is 50.3. The molecule has 0 saturated heterocycles. The molecule has 0 aliphatic carbocycles. The smallest absolute Gasteiger partial charge is 0.537 e. The van der Waals surface area contributed by atoms with E-state index in [1.165, 1.54) is 36.7 Å². The van der Waals surface area contributed by atoms with Crippen LogP contribution in [0.5, 0.6) is 0 Å². The number of aromatic nitrogens is 2. The normalized spacial score (nSPS) is 13.4. The van der Waals surface area contributed by atoms with Gasteiger partial charge in [0.2, 0.25) is 11.8 Å². The van der Waals surface area contributed by atoms with Crippen LogP contribution in [0.1, 0.15) is 41.4 Å². The molecular formula is C26H26CdN6O10S2+2. The van der Waals surface area contributed by atoms with Gasteiger partial charge in [0.05, 0.1) is 32.7 Å². The molecule has 0 saturated carbocycles. The van der Waals surface area contributed by atoms with Gasteiger partial charge >= 0.3 is 27.3 Å². The van der Waals surface area contributed by atoms with Crippen molar-refractivity contribution in [2.75, 3.05) is 0 Å². The molecule has 232 valence electrons. The van der Waals surface area contributed by atoms with Crippen LogP contribution in [0.3, 0.4) is 0 Å². The molecule has 0 bridgehead atoms. The van der Waals surface area contributed by atoms with Crippen molar-refractivity contribution in [1.29, 1.82) is 0 Å². The van der Waals surface area contributed by atoms with Gasteiger partial charge < -0.3 is 41.5 Å². The van der Waals surface area contributed by atoms with Gasteiger partial charge in [-0.1, -0.05) is 36.4 Å². The number of hydrogen-bond acceptors (Lipinski definition) is 10. The summed E-state index contributed by atoms with van der Waals surface area (Å²) in [5.74, 6) is -2.23. The minimum atomic E-state index is -3.68. The van der Waals surface area contributed by atoms with Crippen molar-refractivity contribution in [2.45, 2.75) is 9.79 Å². The van der Waals surface area contributed by atoms with Crippen LogP contribution in [-0.2, 0) is 58.3 Å². The van der Waals surface area contributed by atoms with Crippen LogP contribution in [0.15, 0.2) is 107 Å². The molecule has 2 aromatic carbocycles. The van der Waals surface area contributed by atoms with Gasteiger partial charge in [-0.25, -0.2) is 16.8 Å². The Bertz CT molecular complexity index is 1720. The number of pyridine rings is 2. The minimum absolute atomic E-state index is 0. The van der Waals surface area contributed by atoms with Crippen molar-refractivity contribution in [1.82, 2.24) is 9.97 Å². The third kappa shape index (κ3) is 10.8. The fourth-order valence-corrected chi connectivity index (χ4v) is 5.37. The molecule has 4 heterocycles. The number of nitrogens with zero attached hydrogens (tertiary/aromatic N) is 4. The summed E-state index contributed by atoms with van der Waals surface area (Å²) in [6.45, 7) is 0. The largest absolute Gasteiger partial charge is 2.00 e. The Labute approximate surface area is 277 Å². The predicted molar refractivity (Wildman–Crippen MR) is 158 cm³/mol. The summed E-state index contributed by atoms with van der Waals surface area (Å²) in [7, 11) is -7.36. The van der Waals surface area contributed by atoms with Gasteiger partial charge in [0.15, 0.2) is 0 Å². The zero-order valence-corrected chi connectivity index (χ0v) is 28.8. The molecule has 16 nitrogen and oxygen atoms in total. The van der Waals surface area contributed by atoms with Crippen molar-refractivity contribution < 1.29 is 74.3 Å². The first-order chi connectivity index (χ1) is 19.8. The number of hydrogen-bond donors (Lipinski definition) is 2. The van der Waals surface area contributed by atoms with Crippen LogP contribution in [0.2, 0.25) is 0 Å². The molecule has 6 rings (SSSR count). The maximum atomic E-state index is 11.1. The van der Waals surface area contributed by atoms with Gasteiger partial charge in [-0.05, 0) is 36.4 Å². The standard InChI is InChI=1S/2C7H5NO3S.2C6H6N2O.Cd.2H2O/c2*9-7-5-3-1-2-4-6(5)12(10,11)8-7;2*7-6(9)5-2-1-3-8-4-5;;;/h2*1-4H,(H,8,9);2*1-4H,(H2,7,9);;2*1H2/q;;;;+2;;. The molecule has 2 aromatic heterocycles. The molecule has 2 aliphatic rings. The number of carbonyl (C=O) groups is 4. The number of primary amides is 2. The zero-order chi connectivity index (χ0) is 30.9. The first-order valence-electron chi connectivity index (χ1n) is 11.5. The van der Waals surface area contributed by atoms with E-state index in [0.717, 1.165) is 0 Å². The number of rotatable bonds is 2. The molecule has 0 fully saturated rings. The van der Waals surface area contributed by atoms with E-state index < -0.39 is 43.7 Å². The van der Waals surface area contributed by atoms with E-state index in [2.05, 4.69) is 19.4 Å². The Morgan fingerprint density at radius 2 is 0.911 bits per heavy atom. The Morgan fingerprint density at radius 1 is 0.578 bits per heavy atom. The topological polar surface area (TPSA) is 309 Å². The van der Waals surface area contributed by atoms with E-state index in [0.29, 0.717) is 11.1 Å². The van der Waals surface area contributed by atoms with E-state index in [9.17, 15) is 36.0 Å². The van der Waals surface area contributed by atoms with Crippen molar-refractivity contribution in [3.8, 4) is 0 Å².